The lowest BCUT2D eigenvalue weighted by Gasteiger charge is -1.98. The molecule has 0 spiro atoms. The average Bonchev–Trinajstić information content (AvgIpc) is 3.11. The van der Waals surface area contributed by atoms with Crippen LogP contribution in [0.3, 0.4) is 0 Å². The zero-order valence-electron chi connectivity index (χ0n) is 14.3. The molecule has 0 aliphatic carbocycles. The van der Waals surface area contributed by atoms with Gasteiger partial charge in [-0.05, 0) is 47.5 Å². The van der Waals surface area contributed by atoms with Gasteiger partial charge in [0.1, 0.15) is 11.3 Å². The third-order valence-corrected chi connectivity index (χ3v) is 4.16. The maximum Gasteiger partial charge on any atom is 0.227 e. The van der Waals surface area contributed by atoms with Crippen LogP contribution >= 0.6 is 0 Å². The fourth-order valence-corrected chi connectivity index (χ4v) is 2.69. The maximum absolute atomic E-state index is 5.86. The van der Waals surface area contributed by atoms with E-state index in [0.29, 0.717) is 11.5 Å². The number of methoxy groups -OCH3 is 1. The van der Waals surface area contributed by atoms with Crippen molar-refractivity contribution in [2.24, 2.45) is 0 Å². The molecule has 0 aliphatic heterocycles. The van der Waals surface area contributed by atoms with Gasteiger partial charge in [0, 0.05) is 17.3 Å². The Hall–Kier alpha value is -3.53. The summed E-state index contributed by atoms with van der Waals surface area (Å²) in [6, 6.07) is 21.5. The van der Waals surface area contributed by atoms with E-state index in [1.807, 2.05) is 66.7 Å². The van der Waals surface area contributed by atoms with E-state index in [9.17, 15) is 0 Å². The summed E-state index contributed by atoms with van der Waals surface area (Å²) in [5, 5.41) is 0. The normalized spacial score (nSPS) is 11.3. The van der Waals surface area contributed by atoms with Gasteiger partial charge in [0.25, 0.3) is 0 Å². The molecule has 0 fully saturated rings. The predicted molar refractivity (Wildman–Crippen MR) is 106 cm³/mol. The van der Waals surface area contributed by atoms with E-state index in [2.05, 4.69) is 17.1 Å². The van der Waals surface area contributed by atoms with Gasteiger partial charge in [0.15, 0.2) is 5.58 Å². The molecular weight excluding hydrogens is 324 g/mol. The molecule has 1 aromatic heterocycles. The molecule has 0 unspecified atom stereocenters. The highest BCUT2D eigenvalue weighted by Crippen LogP contribution is 2.27. The summed E-state index contributed by atoms with van der Waals surface area (Å²) in [5.41, 5.74) is 11.1. The average molecular weight is 342 g/mol. The highest BCUT2D eigenvalue weighted by Gasteiger charge is 2.08. The minimum atomic E-state index is 0.599. The molecule has 128 valence electrons. The molecule has 0 atom stereocenters. The number of ether oxygens (including phenoxy) is 1. The molecule has 0 amide bonds. The van der Waals surface area contributed by atoms with E-state index in [-0.39, 0.29) is 0 Å². The van der Waals surface area contributed by atoms with Crippen LogP contribution < -0.4 is 10.5 Å². The molecule has 26 heavy (non-hydrogen) atoms. The molecule has 2 N–H and O–H groups in total. The van der Waals surface area contributed by atoms with Crippen molar-refractivity contribution in [1.29, 1.82) is 0 Å². The number of rotatable bonds is 4. The van der Waals surface area contributed by atoms with Crippen LogP contribution in [-0.4, -0.2) is 12.1 Å². The summed E-state index contributed by atoms with van der Waals surface area (Å²) in [6.07, 6.45) is 4.12. The van der Waals surface area contributed by atoms with E-state index in [0.717, 1.165) is 33.6 Å². The summed E-state index contributed by atoms with van der Waals surface area (Å²) in [4.78, 5) is 4.54. The van der Waals surface area contributed by atoms with E-state index in [1.54, 1.807) is 7.11 Å². The summed E-state index contributed by atoms with van der Waals surface area (Å²) in [5.74, 6) is 1.35. The number of nitrogen functional groups attached to an aromatic ring is 1. The molecule has 3 aromatic carbocycles. The molecule has 0 radical (unpaired) electrons. The lowest BCUT2D eigenvalue weighted by Crippen LogP contribution is -1.82. The third kappa shape index (κ3) is 3.30. The van der Waals surface area contributed by atoms with Crippen LogP contribution in [0.1, 0.15) is 11.1 Å². The van der Waals surface area contributed by atoms with Gasteiger partial charge in [0.2, 0.25) is 5.89 Å². The molecule has 4 aromatic rings. The van der Waals surface area contributed by atoms with Gasteiger partial charge in [-0.1, -0.05) is 36.4 Å². The topological polar surface area (TPSA) is 61.3 Å². The number of nitrogens with zero attached hydrogens (tertiary/aromatic N) is 1. The van der Waals surface area contributed by atoms with E-state index < -0.39 is 0 Å². The van der Waals surface area contributed by atoms with Crippen LogP contribution in [0.25, 0.3) is 34.7 Å². The first-order valence-corrected chi connectivity index (χ1v) is 8.30. The molecule has 0 saturated heterocycles. The summed E-state index contributed by atoms with van der Waals surface area (Å²) in [6.45, 7) is 0. The van der Waals surface area contributed by atoms with Crippen LogP contribution in [-0.2, 0) is 0 Å². The van der Waals surface area contributed by atoms with Gasteiger partial charge >= 0.3 is 0 Å². The van der Waals surface area contributed by atoms with Crippen molar-refractivity contribution in [3.63, 3.8) is 0 Å². The zero-order valence-corrected chi connectivity index (χ0v) is 14.3. The second-order valence-electron chi connectivity index (χ2n) is 5.97. The van der Waals surface area contributed by atoms with Gasteiger partial charge in [-0.3, -0.25) is 0 Å². The number of anilines is 1. The van der Waals surface area contributed by atoms with Crippen LogP contribution in [0.2, 0.25) is 0 Å². The second-order valence-corrected chi connectivity index (χ2v) is 5.97. The van der Waals surface area contributed by atoms with Crippen molar-refractivity contribution < 1.29 is 9.15 Å². The Morgan fingerprint density at radius 3 is 2.19 bits per heavy atom. The molecule has 0 saturated carbocycles. The Bertz CT molecular complexity index is 1060. The van der Waals surface area contributed by atoms with Crippen molar-refractivity contribution >= 4 is 28.9 Å². The first-order valence-electron chi connectivity index (χ1n) is 8.30. The fourth-order valence-electron chi connectivity index (χ4n) is 2.69. The quantitative estimate of drug-likeness (QED) is 0.406. The lowest BCUT2D eigenvalue weighted by molar-refractivity contribution is 0.414. The molecule has 0 bridgehead atoms. The van der Waals surface area contributed by atoms with Crippen LogP contribution in [0, 0.1) is 0 Å². The predicted octanol–water partition coefficient (Wildman–Crippen LogP) is 5.26. The monoisotopic (exact) mass is 342 g/mol. The number of aromatic nitrogens is 1. The Morgan fingerprint density at radius 2 is 1.54 bits per heavy atom. The van der Waals surface area contributed by atoms with Crippen molar-refractivity contribution in [3.05, 3.63) is 77.9 Å². The molecule has 4 nitrogen and oxygen atoms in total. The first kappa shape index (κ1) is 16.0. The van der Waals surface area contributed by atoms with Gasteiger partial charge in [0.05, 0.1) is 7.11 Å². The number of fused-ring (bicyclic) bond motifs is 1. The Kier molecular flexibility index (Phi) is 4.15. The maximum atomic E-state index is 5.86. The number of oxazole rings is 1. The highest BCUT2D eigenvalue weighted by atomic mass is 16.5. The highest BCUT2D eigenvalue weighted by molar-refractivity contribution is 5.78. The Balaban J connectivity index is 1.56. The minimum Gasteiger partial charge on any atom is -0.497 e. The fraction of sp³-hybridized carbons (Fsp3) is 0.0455. The second kappa shape index (κ2) is 6.76. The number of hydrogen-bond donors (Lipinski definition) is 1. The van der Waals surface area contributed by atoms with Crippen molar-refractivity contribution in [1.82, 2.24) is 4.98 Å². The summed E-state index contributed by atoms with van der Waals surface area (Å²) >= 11 is 0. The van der Waals surface area contributed by atoms with Crippen LogP contribution in [0.4, 0.5) is 5.69 Å². The number of nitrogens with two attached hydrogens (primary N) is 1. The number of hydrogen-bond acceptors (Lipinski definition) is 4. The van der Waals surface area contributed by atoms with Gasteiger partial charge in [-0.15, -0.1) is 0 Å². The van der Waals surface area contributed by atoms with Crippen LogP contribution in [0.5, 0.6) is 5.75 Å². The summed E-state index contributed by atoms with van der Waals surface area (Å²) < 4.78 is 11.1. The van der Waals surface area contributed by atoms with Crippen molar-refractivity contribution in [3.8, 4) is 17.2 Å². The minimum absolute atomic E-state index is 0.599. The molecule has 4 rings (SSSR count). The molecule has 1 heterocycles. The largest absolute Gasteiger partial charge is 0.497 e. The standard InChI is InChI=1S/C22H18N2O2/c1-25-19-12-13-20-21(14-19)26-22(24-20)17-8-4-15(5-9-17)2-3-16-6-10-18(23)11-7-16/h2-14H,23H2,1H3/b3-2+. The Labute approximate surface area is 151 Å². The van der Waals surface area contributed by atoms with E-state index >= 15 is 0 Å². The molecular formula is C22H18N2O2. The van der Waals surface area contributed by atoms with E-state index in [1.165, 1.54) is 0 Å². The number of benzene rings is 3. The van der Waals surface area contributed by atoms with Crippen LogP contribution in [0.15, 0.2) is 71.1 Å². The zero-order chi connectivity index (χ0) is 17.9. The first-order chi connectivity index (χ1) is 12.7. The summed E-state index contributed by atoms with van der Waals surface area (Å²) in [7, 11) is 1.63. The van der Waals surface area contributed by atoms with Crippen molar-refractivity contribution in [2.75, 3.05) is 12.8 Å². The SMILES string of the molecule is COc1ccc2nc(-c3ccc(/C=C/c4ccc(N)cc4)cc3)oc2c1. The van der Waals surface area contributed by atoms with Gasteiger partial charge in [-0.25, -0.2) is 4.98 Å². The Morgan fingerprint density at radius 1 is 0.885 bits per heavy atom. The molecule has 4 heteroatoms. The van der Waals surface area contributed by atoms with Gasteiger partial charge in [-0.2, -0.15) is 0 Å². The smallest absolute Gasteiger partial charge is 0.227 e. The molecule has 0 aliphatic rings. The third-order valence-electron chi connectivity index (χ3n) is 4.16. The van der Waals surface area contributed by atoms with E-state index in [4.69, 9.17) is 14.9 Å². The lowest BCUT2D eigenvalue weighted by atomic mass is 10.1. The van der Waals surface area contributed by atoms with Crippen molar-refractivity contribution in [2.45, 2.75) is 0 Å². The van der Waals surface area contributed by atoms with Gasteiger partial charge < -0.3 is 14.9 Å².